The lowest BCUT2D eigenvalue weighted by Gasteiger charge is -2.12. The van der Waals surface area contributed by atoms with E-state index < -0.39 is 0 Å². The minimum atomic E-state index is 0.0600. The first kappa shape index (κ1) is 15.0. The van der Waals surface area contributed by atoms with E-state index in [1.165, 1.54) is 0 Å². The third-order valence-corrected chi connectivity index (χ3v) is 2.64. The molecule has 0 spiro atoms. The Balaban J connectivity index is 2.52. The van der Waals surface area contributed by atoms with E-state index in [4.69, 9.17) is 9.47 Å². The van der Waals surface area contributed by atoms with Crippen molar-refractivity contribution in [2.45, 2.75) is 12.8 Å². The molecule has 0 saturated heterocycles. The van der Waals surface area contributed by atoms with Crippen LogP contribution in [0.1, 0.15) is 23.2 Å². The summed E-state index contributed by atoms with van der Waals surface area (Å²) >= 11 is 0. The van der Waals surface area contributed by atoms with Crippen molar-refractivity contribution >= 4 is 12.2 Å². The number of carbonyl (C=O) groups excluding carboxylic acids is 2. The average Bonchev–Trinajstić information content (AvgIpc) is 2.42. The average molecular weight is 265 g/mol. The number of hydrogen-bond donors (Lipinski definition) is 0. The van der Waals surface area contributed by atoms with Crippen LogP contribution in [0.15, 0.2) is 18.2 Å². The van der Waals surface area contributed by atoms with Crippen molar-refractivity contribution in [1.29, 1.82) is 0 Å². The van der Waals surface area contributed by atoms with Gasteiger partial charge in [-0.25, -0.2) is 0 Å². The first-order valence-corrected chi connectivity index (χ1v) is 6.04. The molecule has 0 bridgehead atoms. The van der Waals surface area contributed by atoms with Gasteiger partial charge in [-0.1, -0.05) is 0 Å². The van der Waals surface area contributed by atoms with E-state index in [1.807, 2.05) is 0 Å². The van der Waals surface area contributed by atoms with Crippen LogP contribution in [0.3, 0.4) is 0 Å². The molecule has 0 aromatic heterocycles. The molecule has 0 fully saturated rings. The molecule has 5 nitrogen and oxygen atoms in total. The van der Waals surface area contributed by atoms with Crippen molar-refractivity contribution in [2.24, 2.45) is 0 Å². The molecule has 0 N–H and O–H groups in total. The van der Waals surface area contributed by atoms with Gasteiger partial charge >= 0.3 is 0 Å². The van der Waals surface area contributed by atoms with Crippen molar-refractivity contribution in [2.75, 3.05) is 27.8 Å². The Hall–Kier alpha value is -2.04. The number of benzene rings is 1. The second-order valence-corrected chi connectivity index (χ2v) is 4.26. The van der Waals surface area contributed by atoms with Gasteiger partial charge in [0.15, 0.2) is 6.29 Å². The second-order valence-electron chi connectivity index (χ2n) is 4.26. The molecule has 104 valence electrons. The van der Waals surface area contributed by atoms with E-state index >= 15 is 0 Å². The SMILES string of the molecule is COc1ccc(C=O)c(OCCCC(=O)N(C)C)c1. The summed E-state index contributed by atoms with van der Waals surface area (Å²) in [5.41, 5.74) is 0.472. The minimum Gasteiger partial charge on any atom is -0.497 e. The fourth-order valence-electron chi connectivity index (χ4n) is 1.49. The normalized spacial score (nSPS) is 9.84. The predicted octanol–water partition coefficient (Wildman–Crippen LogP) is 1.75. The highest BCUT2D eigenvalue weighted by Crippen LogP contribution is 2.23. The van der Waals surface area contributed by atoms with Gasteiger partial charge in [0.05, 0.1) is 19.3 Å². The molecule has 0 saturated carbocycles. The quantitative estimate of drug-likeness (QED) is 0.557. The summed E-state index contributed by atoms with van der Waals surface area (Å²) in [4.78, 5) is 23.8. The summed E-state index contributed by atoms with van der Waals surface area (Å²) < 4.78 is 10.6. The van der Waals surface area contributed by atoms with E-state index in [-0.39, 0.29) is 5.91 Å². The molecule has 0 unspecified atom stereocenters. The maximum absolute atomic E-state index is 11.4. The highest BCUT2D eigenvalue weighted by atomic mass is 16.5. The van der Waals surface area contributed by atoms with Crippen molar-refractivity contribution in [3.8, 4) is 11.5 Å². The summed E-state index contributed by atoms with van der Waals surface area (Å²) in [6, 6.07) is 5.01. The molecule has 19 heavy (non-hydrogen) atoms. The van der Waals surface area contributed by atoms with E-state index in [9.17, 15) is 9.59 Å². The van der Waals surface area contributed by atoms with Crippen LogP contribution in [0, 0.1) is 0 Å². The van der Waals surface area contributed by atoms with Gasteiger partial charge in [-0.15, -0.1) is 0 Å². The number of aldehydes is 1. The van der Waals surface area contributed by atoms with Crippen LogP contribution in [0.2, 0.25) is 0 Å². The van der Waals surface area contributed by atoms with Gasteiger partial charge in [0.2, 0.25) is 5.91 Å². The maximum Gasteiger partial charge on any atom is 0.222 e. The highest BCUT2D eigenvalue weighted by Gasteiger charge is 2.07. The largest absolute Gasteiger partial charge is 0.497 e. The van der Waals surface area contributed by atoms with Crippen LogP contribution in [-0.4, -0.2) is 44.9 Å². The predicted molar refractivity (Wildman–Crippen MR) is 71.8 cm³/mol. The summed E-state index contributed by atoms with van der Waals surface area (Å²) in [6.07, 6.45) is 1.76. The maximum atomic E-state index is 11.4. The Morgan fingerprint density at radius 1 is 1.37 bits per heavy atom. The topological polar surface area (TPSA) is 55.8 Å². The third-order valence-electron chi connectivity index (χ3n) is 2.64. The number of rotatable bonds is 7. The van der Waals surface area contributed by atoms with Gasteiger partial charge < -0.3 is 14.4 Å². The summed E-state index contributed by atoms with van der Waals surface area (Å²) in [5.74, 6) is 1.17. The van der Waals surface area contributed by atoms with Crippen LogP contribution in [0.25, 0.3) is 0 Å². The van der Waals surface area contributed by atoms with Gasteiger partial charge in [0.25, 0.3) is 0 Å². The summed E-state index contributed by atoms with van der Waals surface area (Å²) in [7, 11) is 4.99. The summed E-state index contributed by atoms with van der Waals surface area (Å²) in [5, 5.41) is 0. The summed E-state index contributed by atoms with van der Waals surface area (Å²) in [6.45, 7) is 0.383. The smallest absolute Gasteiger partial charge is 0.222 e. The van der Waals surface area contributed by atoms with Crippen LogP contribution in [0.5, 0.6) is 11.5 Å². The number of carbonyl (C=O) groups is 2. The van der Waals surface area contributed by atoms with Gasteiger partial charge in [-0.3, -0.25) is 9.59 Å². The fourth-order valence-corrected chi connectivity index (χ4v) is 1.49. The van der Waals surface area contributed by atoms with E-state index in [2.05, 4.69) is 0 Å². The third kappa shape index (κ3) is 4.62. The zero-order valence-corrected chi connectivity index (χ0v) is 11.5. The Bertz CT molecular complexity index is 443. The molecule has 1 aromatic carbocycles. The Labute approximate surface area is 113 Å². The Kier molecular flexibility index (Phi) is 5.85. The molecule has 1 amide bonds. The first-order chi connectivity index (χ1) is 9.08. The number of amides is 1. The van der Waals surface area contributed by atoms with Gasteiger partial charge in [0.1, 0.15) is 11.5 Å². The molecule has 0 radical (unpaired) electrons. The minimum absolute atomic E-state index is 0.0600. The zero-order valence-electron chi connectivity index (χ0n) is 11.5. The number of hydrogen-bond acceptors (Lipinski definition) is 4. The molecule has 1 aromatic rings. The van der Waals surface area contributed by atoms with E-state index in [0.29, 0.717) is 36.5 Å². The van der Waals surface area contributed by atoms with Crippen molar-refractivity contribution in [3.63, 3.8) is 0 Å². The standard InChI is InChI=1S/C14H19NO4/c1-15(2)14(17)5-4-8-19-13-9-12(18-3)7-6-11(13)10-16/h6-7,9-10H,4-5,8H2,1-3H3. The van der Waals surface area contributed by atoms with Crippen LogP contribution >= 0.6 is 0 Å². The van der Waals surface area contributed by atoms with Gasteiger partial charge in [-0.05, 0) is 18.6 Å². The first-order valence-electron chi connectivity index (χ1n) is 6.04. The van der Waals surface area contributed by atoms with Crippen LogP contribution in [0.4, 0.5) is 0 Å². The lowest BCUT2D eigenvalue weighted by Crippen LogP contribution is -2.21. The van der Waals surface area contributed by atoms with Crippen LogP contribution < -0.4 is 9.47 Å². The van der Waals surface area contributed by atoms with Crippen molar-refractivity contribution in [3.05, 3.63) is 23.8 Å². The number of methoxy groups -OCH3 is 1. The second kappa shape index (κ2) is 7.41. The molecule has 1 rings (SSSR count). The van der Waals surface area contributed by atoms with Crippen molar-refractivity contribution in [1.82, 2.24) is 4.90 Å². The van der Waals surface area contributed by atoms with Gasteiger partial charge in [-0.2, -0.15) is 0 Å². The molecular formula is C14H19NO4. The lowest BCUT2D eigenvalue weighted by molar-refractivity contribution is -0.128. The Morgan fingerprint density at radius 3 is 2.68 bits per heavy atom. The molecule has 0 aliphatic carbocycles. The van der Waals surface area contributed by atoms with Crippen LogP contribution in [-0.2, 0) is 4.79 Å². The van der Waals surface area contributed by atoms with Crippen molar-refractivity contribution < 1.29 is 19.1 Å². The zero-order chi connectivity index (χ0) is 14.3. The number of nitrogens with zero attached hydrogens (tertiary/aromatic N) is 1. The van der Waals surface area contributed by atoms with E-state index in [1.54, 1.807) is 44.3 Å². The number of ether oxygens (including phenoxy) is 2. The molecule has 5 heteroatoms. The molecule has 0 aliphatic rings. The monoisotopic (exact) mass is 265 g/mol. The Morgan fingerprint density at radius 2 is 2.11 bits per heavy atom. The molecule has 0 heterocycles. The molecule has 0 atom stereocenters. The van der Waals surface area contributed by atoms with Gasteiger partial charge in [0, 0.05) is 26.6 Å². The molecular weight excluding hydrogens is 246 g/mol. The lowest BCUT2D eigenvalue weighted by atomic mass is 10.2. The molecule has 0 aliphatic heterocycles. The highest BCUT2D eigenvalue weighted by molar-refractivity contribution is 5.79. The fraction of sp³-hybridized carbons (Fsp3) is 0.429. The van der Waals surface area contributed by atoms with E-state index in [0.717, 1.165) is 6.29 Å².